The van der Waals surface area contributed by atoms with E-state index in [2.05, 4.69) is 4.74 Å². The predicted molar refractivity (Wildman–Crippen MR) is 77.6 cm³/mol. The molecule has 0 fully saturated rings. The van der Waals surface area contributed by atoms with E-state index in [9.17, 15) is 9.90 Å². The van der Waals surface area contributed by atoms with Gasteiger partial charge in [-0.05, 0) is 73.8 Å². The number of carbonyl (C=O) groups excluding carboxylic acids is 1. The second-order valence-corrected chi connectivity index (χ2v) is 5.77. The summed E-state index contributed by atoms with van der Waals surface area (Å²) in [6, 6.07) is 1.74. The van der Waals surface area contributed by atoms with E-state index in [1.54, 1.807) is 6.07 Å². The molecule has 0 saturated heterocycles. The fraction of sp³-hybridized carbons (Fsp3) is 0.125. The number of ether oxygens (including phenoxy) is 1. The molecule has 1 N–H and O–H groups in total. The van der Waals surface area contributed by atoms with Crippen LogP contribution in [-0.4, -0.2) is 18.2 Å². The highest BCUT2D eigenvalue weighted by atomic mass is 127. The first kappa shape index (κ1) is 12.7. The zero-order chi connectivity index (χ0) is 10.9. The number of hydrogen-bond donors (Lipinski definition) is 1. The maximum atomic E-state index is 11.4. The molecule has 1 aromatic rings. The first-order valence-electron chi connectivity index (χ1n) is 3.43. The first-order chi connectivity index (χ1) is 6.49. The number of esters is 1. The lowest BCUT2D eigenvalue weighted by atomic mass is 10.2. The lowest BCUT2D eigenvalue weighted by molar-refractivity contribution is 0.0597. The highest BCUT2D eigenvalue weighted by Gasteiger charge is 2.19. The minimum atomic E-state index is -0.425. The summed E-state index contributed by atoms with van der Waals surface area (Å²) in [5, 5.41) is 9.63. The van der Waals surface area contributed by atoms with Gasteiger partial charge in [-0.3, -0.25) is 0 Å². The quantitative estimate of drug-likeness (QED) is 0.450. The zero-order valence-electron chi connectivity index (χ0n) is 6.97. The van der Waals surface area contributed by atoms with E-state index in [0.717, 1.165) is 7.14 Å². The monoisotopic (exact) mass is 530 g/mol. The molecule has 0 aliphatic rings. The van der Waals surface area contributed by atoms with Crippen molar-refractivity contribution < 1.29 is 14.6 Å². The fourth-order valence-electron chi connectivity index (χ4n) is 0.869. The molecule has 0 bridgehead atoms. The van der Waals surface area contributed by atoms with Crippen LogP contribution < -0.4 is 0 Å². The van der Waals surface area contributed by atoms with E-state index >= 15 is 0 Å². The first-order valence-corrected chi connectivity index (χ1v) is 6.67. The molecule has 0 aliphatic heterocycles. The van der Waals surface area contributed by atoms with Gasteiger partial charge in [0.25, 0.3) is 0 Å². The lowest BCUT2D eigenvalue weighted by Crippen LogP contribution is -2.07. The summed E-state index contributed by atoms with van der Waals surface area (Å²) >= 11 is 6.00. The van der Waals surface area contributed by atoms with Gasteiger partial charge in [0.05, 0.1) is 19.8 Å². The highest BCUT2D eigenvalue weighted by Crippen LogP contribution is 2.32. The standard InChI is InChI=1S/C8H5I3O3/c1-14-8(13)5-3(9)2-4(10)7(12)6(5)11/h2,12H,1H3. The summed E-state index contributed by atoms with van der Waals surface area (Å²) in [5.74, 6) is -0.294. The number of methoxy groups -OCH3 is 1. The number of carbonyl (C=O) groups is 1. The van der Waals surface area contributed by atoms with Gasteiger partial charge in [0.15, 0.2) is 0 Å². The molecule has 1 rings (SSSR count). The summed E-state index contributed by atoms with van der Waals surface area (Å²) in [4.78, 5) is 11.4. The Bertz CT molecular complexity index is 390. The normalized spacial score (nSPS) is 10.0. The van der Waals surface area contributed by atoms with E-state index in [4.69, 9.17) is 0 Å². The molecule has 0 spiro atoms. The van der Waals surface area contributed by atoms with Crippen molar-refractivity contribution in [3.63, 3.8) is 0 Å². The third-order valence-corrected chi connectivity index (χ3v) is 4.26. The van der Waals surface area contributed by atoms with Gasteiger partial charge < -0.3 is 9.84 Å². The lowest BCUT2D eigenvalue weighted by Gasteiger charge is -2.08. The van der Waals surface area contributed by atoms with Gasteiger partial charge in [0.1, 0.15) is 5.75 Å². The van der Waals surface area contributed by atoms with Crippen molar-refractivity contribution in [1.82, 2.24) is 0 Å². The van der Waals surface area contributed by atoms with Crippen molar-refractivity contribution >= 4 is 73.7 Å². The van der Waals surface area contributed by atoms with Crippen LogP contribution in [0, 0.1) is 10.7 Å². The summed E-state index contributed by atoms with van der Waals surface area (Å²) < 4.78 is 6.67. The zero-order valence-corrected chi connectivity index (χ0v) is 13.4. The minimum Gasteiger partial charge on any atom is -0.506 e. The molecule has 0 saturated carbocycles. The number of hydrogen-bond acceptors (Lipinski definition) is 3. The Balaban J connectivity index is 3.44. The second-order valence-electron chi connectivity index (χ2n) is 2.37. The smallest absolute Gasteiger partial charge is 0.340 e. The Kier molecular flexibility index (Phi) is 4.68. The molecule has 14 heavy (non-hydrogen) atoms. The van der Waals surface area contributed by atoms with Crippen LogP contribution in [0.2, 0.25) is 0 Å². The number of benzene rings is 1. The Morgan fingerprint density at radius 3 is 2.43 bits per heavy atom. The van der Waals surface area contributed by atoms with Gasteiger partial charge in [-0.1, -0.05) is 0 Å². The minimum absolute atomic E-state index is 0.131. The van der Waals surface area contributed by atoms with Crippen LogP contribution in [0.3, 0.4) is 0 Å². The maximum absolute atomic E-state index is 11.4. The molecule has 6 heteroatoms. The molecular weight excluding hydrogens is 525 g/mol. The summed E-state index contributed by atoms with van der Waals surface area (Å²) in [6.45, 7) is 0. The van der Waals surface area contributed by atoms with Crippen molar-refractivity contribution in [2.75, 3.05) is 7.11 Å². The van der Waals surface area contributed by atoms with Crippen molar-refractivity contribution in [2.24, 2.45) is 0 Å². The van der Waals surface area contributed by atoms with E-state index in [1.807, 2.05) is 67.8 Å². The topological polar surface area (TPSA) is 46.5 Å². The molecule has 76 valence electrons. The molecule has 0 radical (unpaired) electrons. The number of aromatic hydroxyl groups is 1. The Labute approximate surface area is 122 Å². The van der Waals surface area contributed by atoms with Crippen molar-refractivity contribution in [3.05, 3.63) is 22.3 Å². The van der Waals surface area contributed by atoms with Crippen LogP contribution in [0.25, 0.3) is 0 Å². The molecule has 0 amide bonds. The summed E-state index contributed by atoms with van der Waals surface area (Å²) in [6.07, 6.45) is 0. The SMILES string of the molecule is COC(=O)c1c(I)cc(I)c(O)c1I. The van der Waals surface area contributed by atoms with E-state index in [-0.39, 0.29) is 5.75 Å². The van der Waals surface area contributed by atoms with E-state index in [0.29, 0.717) is 9.13 Å². The van der Waals surface area contributed by atoms with Crippen LogP contribution >= 0.6 is 67.8 Å². The number of phenols is 1. The molecule has 3 nitrogen and oxygen atoms in total. The average molecular weight is 530 g/mol. The van der Waals surface area contributed by atoms with Gasteiger partial charge >= 0.3 is 5.97 Å². The molecule has 0 atom stereocenters. The number of phenolic OH excluding ortho intramolecular Hbond substituents is 1. The maximum Gasteiger partial charge on any atom is 0.340 e. The second kappa shape index (κ2) is 5.14. The van der Waals surface area contributed by atoms with Crippen molar-refractivity contribution in [3.8, 4) is 5.75 Å². The van der Waals surface area contributed by atoms with Crippen LogP contribution in [0.4, 0.5) is 0 Å². The van der Waals surface area contributed by atoms with Gasteiger partial charge in [-0.25, -0.2) is 4.79 Å². The predicted octanol–water partition coefficient (Wildman–Crippen LogP) is 2.99. The average Bonchev–Trinajstić information content (AvgIpc) is 2.14. The highest BCUT2D eigenvalue weighted by molar-refractivity contribution is 14.1. The largest absolute Gasteiger partial charge is 0.506 e. The molecular formula is C8H5I3O3. The van der Waals surface area contributed by atoms with Crippen LogP contribution in [0.15, 0.2) is 6.07 Å². The third-order valence-electron chi connectivity index (χ3n) is 1.54. The van der Waals surface area contributed by atoms with Gasteiger partial charge in [0, 0.05) is 3.57 Å². The van der Waals surface area contributed by atoms with Gasteiger partial charge in [-0.2, -0.15) is 0 Å². The van der Waals surface area contributed by atoms with Crippen LogP contribution in [-0.2, 0) is 4.74 Å². The summed E-state index contributed by atoms with van der Waals surface area (Å²) in [5.41, 5.74) is 0.423. The van der Waals surface area contributed by atoms with Crippen LogP contribution in [0.1, 0.15) is 10.4 Å². The Hall–Kier alpha value is 0.680. The fourth-order valence-corrected chi connectivity index (χ4v) is 4.68. The van der Waals surface area contributed by atoms with Crippen LogP contribution in [0.5, 0.6) is 5.75 Å². The van der Waals surface area contributed by atoms with Gasteiger partial charge in [-0.15, -0.1) is 0 Å². The number of halogens is 3. The molecule has 0 aliphatic carbocycles. The van der Waals surface area contributed by atoms with Gasteiger partial charge in [0.2, 0.25) is 0 Å². The molecule has 1 aromatic carbocycles. The Morgan fingerprint density at radius 2 is 1.93 bits per heavy atom. The molecule has 0 aromatic heterocycles. The molecule has 0 unspecified atom stereocenters. The number of rotatable bonds is 1. The third kappa shape index (κ3) is 2.43. The van der Waals surface area contributed by atoms with Crippen molar-refractivity contribution in [2.45, 2.75) is 0 Å². The van der Waals surface area contributed by atoms with E-state index < -0.39 is 5.97 Å². The van der Waals surface area contributed by atoms with Crippen molar-refractivity contribution in [1.29, 1.82) is 0 Å². The van der Waals surface area contributed by atoms with E-state index in [1.165, 1.54) is 7.11 Å². The Morgan fingerprint density at radius 1 is 1.36 bits per heavy atom. The molecule has 0 heterocycles. The summed E-state index contributed by atoms with van der Waals surface area (Å²) in [7, 11) is 1.32.